The number of benzene rings is 1. The number of nitrogens with two attached hydrogens (primary N) is 1. The number of halogens is 3. The van der Waals surface area contributed by atoms with E-state index in [2.05, 4.69) is 4.99 Å². The van der Waals surface area contributed by atoms with Crippen molar-refractivity contribution in [3.63, 3.8) is 0 Å². The van der Waals surface area contributed by atoms with Crippen molar-refractivity contribution in [2.75, 3.05) is 25.0 Å². The van der Waals surface area contributed by atoms with E-state index in [-0.39, 0.29) is 16.5 Å². The number of rotatable bonds is 8. The normalized spacial score (nSPS) is 13.3. The Kier molecular flexibility index (Phi) is 8.32. The van der Waals surface area contributed by atoms with E-state index in [1.165, 1.54) is 30.0 Å². The van der Waals surface area contributed by atoms with Crippen LogP contribution in [0.15, 0.2) is 58.1 Å². The van der Waals surface area contributed by atoms with Crippen LogP contribution in [-0.2, 0) is 19.4 Å². The molecule has 0 aliphatic carbocycles. The van der Waals surface area contributed by atoms with Gasteiger partial charge in [0.25, 0.3) is 0 Å². The molecule has 0 amide bonds. The van der Waals surface area contributed by atoms with Gasteiger partial charge >= 0.3 is 12.1 Å². The molecule has 31 heavy (non-hydrogen) atoms. The molecule has 0 radical (unpaired) electrons. The molecule has 1 heterocycles. The molecular formula is C19H19F3N2O4S3. The maximum Gasteiger partial charge on any atom is 0.430 e. The summed E-state index contributed by atoms with van der Waals surface area (Å²) < 4.78 is 67.2. The maximum atomic E-state index is 12.9. The van der Waals surface area contributed by atoms with Crippen molar-refractivity contribution in [3.05, 3.63) is 53.0 Å². The van der Waals surface area contributed by atoms with Crippen molar-refractivity contribution in [3.8, 4) is 10.4 Å². The highest BCUT2D eigenvalue weighted by molar-refractivity contribution is 7.98. The predicted octanol–water partition coefficient (Wildman–Crippen LogP) is 3.88. The summed E-state index contributed by atoms with van der Waals surface area (Å²) in [5, 5.41) is 0. The van der Waals surface area contributed by atoms with E-state index in [4.69, 9.17) is 10.5 Å². The highest BCUT2D eigenvalue weighted by Gasteiger charge is 2.32. The first-order valence-corrected chi connectivity index (χ1v) is 12.7. The van der Waals surface area contributed by atoms with Gasteiger partial charge in [-0.05, 0) is 42.2 Å². The average molecular weight is 493 g/mol. The molecule has 1 aromatic heterocycles. The van der Waals surface area contributed by atoms with Gasteiger partial charge in [-0.2, -0.15) is 13.2 Å². The molecule has 0 bridgehead atoms. The Morgan fingerprint density at radius 1 is 1.29 bits per heavy atom. The first-order valence-electron chi connectivity index (χ1n) is 8.56. The summed E-state index contributed by atoms with van der Waals surface area (Å²) >= 11 is 2.35. The molecule has 0 atom stereocenters. The van der Waals surface area contributed by atoms with Crippen LogP contribution in [0.1, 0.15) is 4.88 Å². The van der Waals surface area contributed by atoms with Gasteiger partial charge in [0.15, 0.2) is 9.84 Å². The van der Waals surface area contributed by atoms with Crippen LogP contribution < -0.4 is 5.73 Å². The SMILES string of the molecule is CSCOC(=O)CN=C(C=C(N)C(F)(F)F)c1ccc(-c2cccc(S(C)(=O)=O)c2)s1. The van der Waals surface area contributed by atoms with Crippen LogP contribution in [0.2, 0.25) is 0 Å². The largest absolute Gasteiger partial charge is 0.453 e. The van der Waals surface area contributed by atoms with Gasteiger partial charge in [0.1, 0.15) is 18.2 Å². The molecule has 12 heteroatoms. The number of esters is 1. The third-order valence-corrected chi connectivity index (χ3v) is 6.36. The van der Waals surface area contributed by atoms with Crippen LogP contribution in [0.3, 0.4) is 0 Å². The number of hydrogen-bond donors (Lipinski definition) is 1. The molecule has 6 nitrogen and oxygen atoms in total. The van der Waals surface area contributed by atoms with Gasteiger partial charge in [0.05, 0.1) is 15.5 Å². The molecule has 0 spiro atoms. The van der Waals surface area contributed by atoms with Crippen LogP contribution in [0.5, 0.6) is 0 Å². The molecule has 0 aliphatic heterocycles. The minimum absolute atomic E-state index is 0.101. The minimum Gasteiger partial charge on any atom is -0.453 e. The summed E-state index contributed by atoms with van der Waals surface area (Å²) in [5.41, 5.74) is 4.21. The second-order valence-corrected chi connectivity index (χ2v) is 10.1. The highest BCUT2D eigenvalue weighted by atomic mass is 32.2. The van der Waals surface area contributed by atoms with Crippen LogP contribution in [0, 0.1) is 0 Å². The van der Waals surface area contributed by atoms with Gasteiger partial charge in [-0.3, -0.25) is 9.79 Å². The molecule has 0 saturated heterocycles. The van der Waals surface area contributed by atoms with E-state index >= 15 is 0 Å². The molecule has 2 rings (SSSR count). The summed E-state index contributed by atoms with van der Waals surface area (Å²) in [4.78, 5) is 16.7. The van der Waals surface area contributed by atoms with E-state index in [0.717, 1.165) is 17.6 Å². The van der Waals surface area contributed by atoms with E-state index in [1.54, 1.807) is 24.5 Å². The molecule has 0 aliphatic rings. The third kappa shape index (κ3) is 7.40. The zero-order chi connectivity index (χ0) is 23.2. The van der Waals surface area contributed by atoms with Crippen LogP contribution >= 0.6 is 23.1 Å². The molecule has 0 fully saturated rings. The van der Waals surface area contributed by atoms with Crippen LogP contribution in [0.4, 0.5) is 13.2 Å². The second-order valence-electron chi connectivity index (χ2n) is 6.19. The first-order chi connectivity index (χ1) is 14.4. The number of allylic oxidation sites excluding steroid dienone is 2. The van der Waals surface area contributed by atoms with E-state index in [9.17, 15) is 26.4 Å². The van der Waals surface area contributed by atoms with Crippen molar-refractivity contribution in [1.29, 1.82) is 0 Å². The summed E-state index contributed by atoms with van der Waals surface area (Å²) in [6, 6.07) is 9.33. The number of thioether (sulfide) groups is 1. The lowest BCUT2D eigenvalue weighted by Crippen LogP contribution is -2.21. The Bertz CT molecular complexity index is 1110. The summed E-state index contributed by atoms with van der Waals surface area (Å²) in [6.45, 7) is -0.478. The van der Waals surface area contributed by atoms with Gasteiger partial charge in [0.2, 0.25) is 0 Å². The molecule has 0 saturated carbocycles. The third-order valence-electron chi connectivity index (χ3n) is 3.74. The number of carbonyl (C=O) groups excluding carboxylic acids is 1. The van der Waals surface area contributed by atoms with Gasteiger partial charge in [-0.25, -0.2) is 8.42 Å². The summed E-state index contributed by atoms with van der Waals surface area (Å²) in [5.74, 6) is -0.590. The number of carbonyl (C=O) groups is 1. The van der Waals surface area contributed by atoms with Crippen molar-refractivity contribution in [2.24, 2.45) is 10.7 Å². The lowest BCUT2D eigenvalue weighted by atomic mass is 10.2. The zero-order valence-corrected chi connectivity index (χ0v) is 18.9. The number of ether oxygens (including phenoxy) is 1. The smallest absolute Gasteiger partial charge is 0.430 e. The van der Waals surface area contributed by atoms with Crippen LogP contribution in [-0.4, -0.2) is 51.3 Å². The number of alkyl halides is 3. The zero-order valence-electron chi connectivity index (χ0n) is 16.5. The number of sulfone groups is 1. The molecule has 2 aromatic rings. The predicted molar refractivity (Wildman–Crippen MR) is 117 cm³/mol. The van der Waals surface area contributed by atoms with Crippen molar-refractivity contribution in [2.45, 2.75) is 11.1 Å². The highest BCUT2D eigenvalue weighted by Crippen LogP contribution is 2.31. The van der Waals surface area contributed by atoms with Crippen molar-refractivity contribution in [1.82, 2.24) is 0 Å². The van der Waals surface area contributed by atoms with E-state index < -0.39 is 34.2 Å². The number of aliphatic imine (C=N–C) groups is 1. The standard InChI is InChI=1S/C19H19F3N2O4S3/c1-29-11-28-18(25)10-24-14(9-17(23)19(20,21)22)16-7-6-15(30-16)12-4-3-5-13(8-12)31(2,26)27/h3-9H,10-11,23H2,1-2H3. The van der Waals surface area contributed by atoms with Crippen molar-refractivity contribution < 1.29 is 31.1 Å². The Labute approximate surface area is 185 Å². The number of thiophene rings is 1. The van der Waals surface area contributed by atoms with Crippen LogP contribution in [0.25, 0.3) is 10.4 Å². The summed E-state index contributed by atoms with van der Waals surface area (Å²) in [6.07, 6.45) is -1.30. The second kappa shape index (κ2) is 10.3. The molecule has 1 aromatic carbocycles. The molecule has 168 valence electrons. The topological polar surface area (TPSA) is 98.8 Å². The van der Waals surface area contributed by atoms with Gasteiger partial charge < -0.3 is 10.5 Å². The lowest BCUT2D eigenvalue weighted by molar-refractivity contribution is -0.139. The number of hydrogen-bond acceptors (Lipinski definition) is 8. The Balaban J connectivity index is 2.42. The average Bonchev–Trinajstić information content (AvgIpc) is 3.18. The fraction of sp³-hybridized carbons (Fsp3) is 0.263. The lowest BCUT2D eigenvalue weighted by Gasteiger charge is -2.07. The van der Waals surface area contributed by atoms with Gasteiger partial charge in [-0.15, -0.1) is 23.1 Å². The fourth-order valence-electron chi connectivity index (χ4n) is 2.25. The Hall–Kier alpha value is -2.31. The Morgan fingerprint density at radius 3 is 2.61 bits per heavy atom. The van der Waals surface area contributed by atoms with Gasteiger partial charge in [-0.1, -0.05) is 12.1 Å². The number of nitrogens with zero attached hydrogens (tertiary/aromatic N) is 1. The maximum absolute atomic E-state index is 12.9. The fourth-order valence-corrected chi connectivity index (χ4v) is 4.15. The van der Waals surface area contributed by atoms with Gasteiger partial charge in [0, 0.05) is 11.1 Å². The molecule has 2 N–H and O–H groups in total. The molecule has 0 unspecified atom stereocenters. The minimum atomic E-state index is -4.76. The van der Waals surface area contributed by atoms with E-state index in [0.29, 0.717) is 21.4 Å². The van der Waals surface area contributed by atoms with E-state index in [1.807, 2.05) is 0 Å². The quantitative estimate of drug-likeness (QED) is 0.341. The first kappa shape index (κ1) is 25.0. The summed E-state index contributed by atoms with van der Waals surface area (Å²) in [7, 11) is -3.42. The van der Waals surface area contributed by atoms with Crippen molar-refractivity contribution >= 4 is 44.6 Å². The monoisotopic (exact) mass is 492 g/mol. The molecular weight excluding hydrogens is 473 g/mol. The Morgan fingerprint density at radius 2 is 2.00 bits per heavy atom.